The Kier molecular flexibility index (Phi) is 7.41. The highest BCUT2D eigenvalue weighted by Gasteiger charge is 2.33. The topological polar surface area (TPSA) is 78.8 Å². The van der Waals surface area contributed by atoms with Crippen LogP contribution >= 0.6 is 11.6 Å². The monoisotopic (exact) mass is 433 g/mol. The molecule has 2 aromatic rings. The number of sulfonamides is 1. The van der Waals surface area contributed by atoms with E-state index in [1.165, 1.54) is 10.5 Å². The second-order valence-corrected chi connectivity index (χ2v) is 9.33. The summed E-state index contributed by atoms with van der Waals surface area (Å²) in [5.41, 5.74) is 3.20. The molecule has 0 spiro atoms. The van der Waals surface area contributed by atoms with Crippen LogP contribution in [0.3, 0.4) is 0 Å². The van der Waals surface area contributed by atoms with Gasteiger partial charge in [-0.3, -0.25) is 4.79 Å². The fraction of sp³-hybridized carbons (Fsp3) is 0.333. The van der Waals surface area contributed by atoms with E-state index >= 15 is 0 Å². The predicted octanol–water partition coefficient (Wildman–Crippen LogP) is 3.81. The normalized spacial score (nSPS) is 15.7. The summed E-state index contributed by atoms with van der Waals surface area (Å²) in [5.74, 6) is -0.472. The van der Waals surface area contributed by atoms with Crippen LogP contribution in [0.5, 0.6) is 0 Å². The van der Waals surface area contributed by atoms with Crippen LogP contribution in [0.15, 0.2) is 64.6 Å². The lowest BCUT2D eigenvalue weighted by atomic mass is 9.95. The summed E-state index contributed by atoms with van der Waals surface area (Å²) < 4.78 is 27.7. The van der Waals surface area contributed by atoms with Crippen molar-refractivity contribution in [1.82, 2.24) is 9.73 Å². The molecule has 1 fully saturated rings. The molecule has 0 bridgehead atoms. The molecule has 0 atom stereocenters. The number of amides is 1. The van der Waals surface area contributed by atoms with Crippen molar-refractivity contribution < 1.29 is 13.2 Å². The van der Waals surface area contributed by atoms with Gasteiger partial charge in [0.2, 0.25) is 10.0 Å². The molecule has 3 rings (SSSR count). The molecule has 154 valence electrons. The highest BCUT2D eigenvalue weighted by Crippen LogP contribution is 2.27. The Morgan fingerprint density at radius 1 is 1.07 bits per heavy atom. The molecule has 6 nitrogen and oxygen atoms in total. The summed E-state index contributed by atoms with van der Waals surface area (Å²) in [6, 6.07) is 15.1. The average Bonchev–Trinajstić information content (AvgIpc) is 2.74. The van der Waals surface area contributed by atoms with Crippen molar-refractivity contribution in [1.29, 1.82) is 0 Å². The van der Waals surface area contributed by atoms with Gasteiger partial charge in [-0.15, -0.1) is 0 Å². The Morgan fingerprint density at radius 3 is 2.38 bits per heavy atom. The second kappa shape index (κ2) is 10.0. The molecule has 1 amide bonds. The largest absolute Gasteiger partial charge is 0.272 e. The molecule has 0 aromatic heterocycles. The average molecular weight is 434 g/mol. The summed E-state index contributed by atoms with van der Waals surface area (Å²) in [6.07, 6.45) is 6.02. The van der Waals surface area contributed by atoms with Crippen LogP contribution in [-0.4, -0.2) is 37.4 Å². The minimum Gasteiger partial charge on any atom is -0.272 e. The maximum absolute atomic E-state index is 13.2. The summed E-state index contributed by atoms with van der Waals surface area (Å²) >= 11 is 5.84. The van der Waals surface area contributed by atoms with Gasteiger partial charge in [-0.05, 0) is 42.7 Å². The van der Waals surface area contributed by atoms with Gasteiger partial charge in [-0.25, -0.2) is 13.8 Å². The van der Waals surface area contributed by atoms with Gasteiger partial charge in [-0.1, -0.05) is 61.2 Å². The summed E-state index contributed by atoms with van der Waals surface area (Å²) in [7, 11) is -3.77. The van der Waals surface area contributed by atoms with E-state index in [9.17, 15) is 13.2 Å². The van der Waals surface area contributed by atoms with Crippen molar-refractivity contribution in [3.05, 3.63) is 65.2 Å². The first kappa shape index (κ1) is 21.5. The first-order valence-corrected chi connectivity index (χ1v) is 11.4. The lowest BCUT2D eigenvalue weighted by Crippen LogP contribution is -2.46. The molecule has 0 heterocycles. The number of carbonyl (C=O) groups is 1. The lowest BCUT2D eigenvalue weighted by Gasteiger charge is -2.32. The molecule has 1 aliphatic rings. The number of hydrazone groups is 1. The maximum atomic E-state index is 13.2. The van der Waals surface area contributed by atoms with Crippen molar-refractivity contribution in [2.45, 2.75) is 43.0 Å². The highest BCUT2D eigenvalue weighted by atomic mass is 35.5. The van der Waals surface area contributed by atoms with Gasteiger partial charge in [0.05, 0.1) is 17.7 Å². The molecule has 8 heteroatoms. The van der Waals surface area contributed by atoms with Gasteiger partial charge in [0.25, 0.3) is 5.91 Å². The summed E-state index contributed by atoms with van der Waals surface area (Å²) in [6.45, 7) is -0.264. The van der Waals surface area contributed by atoms with Gasteiger partial charge in [0.1, 0.15) is 0 Å². The third-order valence-corrected chi connectivity index (χ3v) is 7.07. The van der Waals surface area contributed by atoms with E-state index in [0.717, 1.165) is 37.7 Å². The van der Waals surface area contributed by atoms with Gasteiger partial charge < -0.3 is 0 Å². The van der Waals surface area contributed by atoms with E-state index in [0.29, 0.717) is 5.02 Å². The van der Waals surface area contributed by atoms with E-state index in [1.807, 2.05) is 0 Å². The number of rotatable bonds is 7. The molecule has 1 aliphatic carbocycles. The smallest absolute Gasteiger partial charge is 0.255 e. The van der Waals surface area contributed by atoms with E-state index < -0.39 is 15.9 Å². The Hall–Kier alpha value is -2.22. The minimum atomic E-state index is -3.77. The number of hydrogen-bond acceptors (Lipinski definition) is 4. The quantitative estimate of drug-likeness (QED) is 0.532. The van der Waals surface area contributed by atoms with Crippen LogP contribution in [0, 0.1) is 0 Å². The molecule has 0 radical (unpaired) electrons. The van der Waals surface area contributed by atoms with Crippen LogP contribution in [0.1, 0.15) is 37.7 Å². The molecular formula is C21H24ClN3O3S. The fourth-order valence-electron chi connectivity index (χ4n) is 3.41. The molecule has 2 aromatic carbocycles. The standard InChI is InChI=1S/C21H24ClN3O3S/c22-18-13-11-17(12-14-18)15-23-24-21(26)16-25(19-7-3-1-4-8-19)29(27,28)20-9-5-2-6-10-20/h2,5-6,9-15,19H,1,3-4,7-8,16H2,(H,24,26)/b23-15+. The van der Waals surface area contributed by atoms with Gasteiger partial charge in [-0.2, -0.15) is 9.41 Å². The van der Waals surface area contributed by atoms with Crippen molar-refractivity contribution in [2.75, 3.05) is 6.54 Å². The van der Waals surface area contributed by atoms with E-state index in [1.54, 1.807) is 54.6 Å². The second-order valence-electron chi connectivity index (χ2n) is 7.00. The molecule has 1 saturated carbocycles. The van der Waals surface area contributed by atoms with Crippen LogP contribution in [-0.2, 0) is 14.8 Å². The van der Waals surface area contributed by atoms with E-state index in [4.69, 9.17) is 11.6 Å². The van der Waals surface area contributed by atoms with Crippen LogP contribution in [0.25, 0.3) is 0 Å². The molecular weight excluding hydrogens is 410 g/mol. The van der Waals surface area contributed by atoms with Crippen molar-refractivity contribution in [3.8, 4) is 0 Å². The number of halogens is 1. The third kappa shape index (κ3) is 5.88. The zero-order chi connectivity index (χ0) is 20.7. The first-order chi connectivity index (χ1) is 14.0. The van der Waals surface area contributed by atoms with Crippen molar-refractivity contribution in [2.24, 2.45) is 5.10 Å². The minimum absolute atomic E-state index is 0.181. The molecule has 0 aliphatic heterocycles. The SMILES string of the molecule is O=C(CN(C1CCCCC1)S(=O)(=O)c1ccccc1)N/N=C/c1ccc(Cl)cc1. The van der Waals surface area contributed by atoms with Crippen LogP contribution in [0.4, 0.5) is 0 Å². The van der Waals surface area contributed by atoms with E-state index in [-0.39, 0.29) is 17.5 Å². The molecule has 0 saturated heterocycles. The number of nitrogens with one attached hydrogen (secondary N) is 1. The predicted molar refractivity (Wildman–Crippen MR) is 114 cm³/mol. The summed E-state index contributed by atoms with van der Waals surface area (Å²) in [5, 5.41) is 4.55. The first-order valence-electron chi connectivity index (χ1n) is 9.61. The van der Waals surface area contributed by atoms with E-state index in [2.05, 4.69) is 10.5 Å². The Labute approximate surface area is 176 Å². The van der Waals surface area contributed by atoms with Crippen LogP contribution < -0.4 is 5.43 Å². The number of hydrogen-bond donors (Lipinski definition) is 1. The van der Waals surface area contributed by atoms with Gasteiger partial charge in [0.15, 0.2) is 0 Å². The van der Waals surface area contributed by atoms with Crippen LogP contribution in [0.2, 0.25) is 5.02 Å². The summed E-state index contributed by atoms with van der Waals surface area (Å²) in [4.78, 5) is 12.7. The maximum Gasteiger partial charge on any atom is 0.255 e. The fourth-order valence-corrected chi connectivity index (χ4v) is 5.20. The Balaban J connectivity index is 1.72. The zero-order valence-electron chi connectivity index (χ0n) is 16.0. The number of nitrogens with zero attached hydrogens (tertiary/aromatic N) is 2. The highest BCUT2D eigenvalue weighted by molar-refractivity contribution is 7.89. The van der Waals surface area contributed by atoms with Gasteiger partial charge in [0, 0.05) is 11.1 Å². The lowest BCUT2D eigenvalue weighted by molar-refractivity contribution is -0.121. The number of benzene rings is 2. The molecule has 1 N–H and O–H groups in total. The Bertz CT molecular complexity index is 941. The van der Waals surface area contributed by atoms with Crippen molar-refractivity contribution >= 4 is 33.7 Å². The zero-order valence-corrected chi connectivity index (χ0v) is 17.6. The number of carbonyl (C=O) groups excluding carboxylic acids is 1. The molecule has 29 heavy (non-hydrogen) atoms. The molecule has 0 unspecified atom stereocenters. The Morgan fingerprint density at radius 2 is 1.72 bits per heavy atom. The third-order valence-electron chi connectivity index (χ3n) is 4.90. The van der Waals surface area contributed by atoms with Gasteiger partial charge >= 0.3 is 0 Å². The van der Waals surface area contributed by atoms with Crippen molar-refractivity contribution in [3.63, 3.8) is 0 Å².